The summed E-state index contributed by atoms with van der Waals surface area (Å²) in [6.45, 7) is 1.36. The number of fused-ring (bicyclic) bond motifs is 1. The van der Waals surface area contributed by atoms with Crippen molar-refractivity contribution in [3.63, 3.8) is 0 Å². The quantitative estimate of drug-likeness (QED) is 0.712. The van der Waals surface area contributed by atoms with E-state index in [1.807, 2.05) is 42.5 Å². The molecule has 0 fully saturated rings. The molecule has 1 aliphatic heterocycles. The second-order valence-electron chi connectivity index (χ2n) is 4.64. The topological polar surface area (TPSA) is 18.5 Å². The van der Waals surface area contributed by atoms with Gasteiger partial charge in [0.2, 0.25) is 0 Å². The Morgan fingerprint density at radius 2 is 1.65 bits per heavy atom. The first-order valence-corrected chi connectivity index (χ1v) is 7.76. The van der Waals surface area contributed by atoms with Crippen molar-refractivity contribution in [2.24, 2.45) is 0 Å². The molecule has 0 aliphatic carbocycles. The van der Waals surface area contributed by atoms with Gasteiger partial charge in [-0.3, -0.25) is 0 Å². The van der Waals surface area contributed by atoms with E-state index in [1.54, 1.807) is 0 Å². The smallest absolute Gasteiger partial charge is 0.162 e. The highest BCUT2D eigenvalue weighted by Crippen LogP contribution is 2.41. The molecule has 2 aromatic rings. The van der Waals surface area contributed by atoms with E-state index < -0.39 is 0 Å². The number of alkyl halides is 1. The highest BCUT2D eigenvalue weighted by Gasteiger charge is 2.19. The summed E-state index contributed by atoms with van der Waals surface area (Å²) in [4.78, 5) is 0. The average Bonchev–Trinajstić information content (AvgIpc) is 2.71. The third-order valence-corrected chi connectivity index (χ3v) is 4.41. The Balaban J connectivity index is 1.99. The molecule has 0 saturated carbocycles. The minimum atomic E-state index is -0.220. The lowest BCUT2D eigenvalue weighted by Crippen LogP contribution is -1.98. The summed E-state index contributed by atoms with van der Waals surface area (Å²) in [6.07, 6.45) is 0.893. The van der Waals surface area contributed by atoms with E-state index in [0.29, 0.717) is 13.2 Å². The zero-order valence-corrected chi connectivity index (χ0v) is 13.2. The summed E-state index contributed by atoms with van der Waals surface area (Å²) >= 11 is 10.2. The van der Waals surface area contributed by atoms with Crippen LogP contribution in [0.3, 0.4) is 0 Å². The molecule has 0 spiro atoms. The highest BCUT2D eigenvalue weighted by atomic mass is 79.9. The van der Waals surface area contributed by atoms with Gasteiger partial charge >= 0.3 is 0 Å². The molecule has 0 aromatic heterocycles. The molecule has 0 saturated heterocycles. The van der Waals surface area contributed by atoms with Gasteiger partial charge in [0, 0.05) is 10.9 Å². The molecule has 0 radical (unpaired) electrons. The highest BCUT2D eigenvalue weighted by molar-refractivity contribution is 9.10. The minimum absolute atomic E-state index is 0.220. The monoisotopic (exact) mass is 352 g/mol. The molecule has 0 N–H and O–H groups in total. The second kappa shape index (κ2) is 6.06. The van der Waals surface area contributed by atoms with Gasteiger partial charge in [0.1, 0.15) is 0 Å². The summed E-state index contributed by atoms with van der Waals surface area (Å²) in [5, 5.41) is -0.220. The van der Waals surface area contributed by atoms with Crippen LogP contribution in [0.2, 0.25) is 0 Å². The van der Waals surface area contributed by atoms with Crippen LogP contribution in [0.5, 0.6) is 11.5 Å². The van der Waals surface area contributed by atoms with Gasteiger partial charge in [-0.05, 0) is 23.3 Å². The lowest BCUT2D eigenvalue weighted by atomic mass is 10.0. The van der Waals surface area contributed by atoms with Crippen molar-refractivity contribution in [1.29, 1.82) is 0 Å². The molecular weight excluding hydrogens is 340 g/mol. The molecule has 1 atom stereocenters. The summed E-state index contributed by atoms with van der Waals surface area (Å²) in [6, 6.07) is 13.9. The first kappa shape index (κ1) is 13.8. The maximum absolute atomic E-state index is 6.59. The molecule has 3 rings (SSSR count). The van der Waals surface area contributed by atoms with Crippen LogP contribution in [0, 0.1) is 0 Å². The number of benzene rings is 2. The van der Waals surface area contributed by atoms with Crippen molar-refractivity contribution in [3.05, 3.63) is 58.1 Å². The maximum atomic E-state index is 6.59. The zero-order chi connectivity index (χ0) is 13.9. The van der Waals surface area contributed by atoms with Crippen molar-refractivity contribution < 1.29 is 9.47 Å². The Morgan fingerprint density at radius 1 is 1.00 bits per heavy atom. The fraction of sp³-hybridized carbons (Fsp3) is 0.250. The fourth-order valence-corrected chi connectivity index (χ4v) is 3.20. The van der Waals surface area contributed by atoms with Crippen molar-refractivity contribution in [2.75, 3.05) is 13.2 Å². The van der Waals surface area contributed by atoms with Crippen LogP contribution in [-0.4, -0.2) is 13.2 Å². The van der Waals surface area contributed by atoms with Crippen LogP contribution in [0.1, 0.15) is 22.9 Å². The molecule has 0 bridgehead atoms. The number of halogens is 2. The van der Waals surface area contributed by atoms with Crippen LogP contribution in [0.15, 0.2) is 46.9 Å². The molecule has 4 heteroatoms. The standard InChI is InChI=1S/C16H14BrClO2/c17-13-10-15-14(19-7-4-8-20-15)9-12(13)16(18)11-5-2-1-3-6-11/h1-3,5-6,9-10,16H,4,7-8H2. The van der Waals surface area contributed by atoms with Crippen LogP contribution in [-0.2, 0) is 0 Å². The van der Waals surface area contributed by atoms with Crippen LogP contribution >= 0.6 is 27.5 Å². The van der Waals surface area contributed by atoms with Crippen LogP contribution in [0.4, 0.5) is 0 Å². The van der Waals surface area contributed by atoms with E-state index in [9.17, 15) is 0 Å². The predicted octanol–water partition coefficient (Wildman–Crippen LogP) is 4.94. The van der Waals surface area contributed by atoms with E-state index in [2.05, 4.69) is 15.9 Å². The van der Waals surface area contributed by atoms with E-state index >= 15 is 0 Å². The normalized spacial score (nSPS) is 15.5. The lowest BCUT2D eigenvalue weighted by molar-refractivity contribution is 0.297. The molecule has 2 aromatic carbocycles. The summed E-state index contributed by atoms with van der Waals surface area (Å²) in [7, 11) is 0. The molecule has 0 amide bonds. The SMILES string of the molecule is ClC(c1ccccc1)c1cc2c(cc1Br)OCCCO2. The third-order valence-electron chi connectivity index (χ3n) is 3.23. The van der Waals surface area contributed by atoms with E-state index in [-0.39, 0.29) is 5.38 Å². The number of ether oxygens (including phenoxy) is 2. The Bertz CT molecular complexity index is 601. The minimum Gasteiger partial charge on any atom is -0.490 e. The first-order valence-electron chi connectivity index (χ1n) is 6.54. The van der Waals surface area contributed by atoms with Gasteiger partial charge in [-0.1, -0.05) is 46.3 Å². The molecule has 1 unspecified atom stereocenters. The van der Waals surface area contributed by atoms with Crippen LogP contribution in [0.25, 0.3) is 0 Å². The third kappa shape index (κ3) is 2.79. The lowest BCUT2D eigenvalue weighted by Gasteiger charge is -2.16. The van der Waals surface area contributed by atoms with Crippen molar-refractivity contribution in [1.82, 2.24) is 0 Å². The van der Waals surface area contributed by atoms with Gasteiger partial charge < -0.3 is 9.47 Å². The van der Waals surface area contributed by atoms with Gasteiger partial charge in [-0.15, -0.1) is 11.6 Å². The van der Waals surface area contributed by atoms with E-state index in [1.165, 1.54) is 0 Å². The van der Waals surface area contributed by atoms with Crippen molar-refractivity contribution >= 4 is 27.5 Å². The van der Waals surface area contributed by atoms with E-state index in [0.717, 1.165) is 33.5 Å². The Labute approximate surface area is 131 Å². The predicted molar refractivity (Wildman–Crippen MR) is 83.9 cm³/mol. The number of rotatable bonds is 2. The molecule has 20 heavy (non-hydrogen) atoms. The van der Waals surface area contributed by atoms with Gasteiger partial charge in [0.25, 0.3) is 0 Å². The average molecular weight is 354 g/mol. The second-order valence-corrected chi connectivity index (χ2v) is 5.93. The fourth-order valence-electron chi connectivity index (χ4n) is 2.20. The molecular formula is C16H14BrClO2. The molecule has 2 nitrogen and oxygen atoms in total. The van der Waals surface area contributed by atoms with Gasteiger partial charge in [-0.25, -0.2) is 0 Å². The van der Waals surface area contributed by atoms with Gasteiger partial charge in [0.15, 0.2) is 11.5 Å². The summed E-state index contributed by atoms with van der Waals surface area (Å²) in [5.41, 5.74) is 2.05. The van der Waals surface area contributed by atoms with Gasteiger partial charge in [0.05, 0.1) is 18.6 Å². The maximum Gasteiger partial charge on any atom is 0.162 e. The Kier molecular flexibility index (Phi) is 4.18. The molecule has 1 aliphatic rings. The summed E-state index contributed by atoms with van der Waals surface area (Å²) in [5.74, 6) is 1.54. The number of hydrogen-bond acceptors (Lipinski definition) is 2. The molecule has 1 heterocycles. The molecule has 104 valence electrons. The van der Waals surface area contributed by atoms with Crippen molar-refractivity contribution in [2.45, 2.75) is 11.8 Å². The summed E-state index contributed by atoms with van der Waals surface area (Å²) < 4.78 is 12.3. The van der Waals surface area contributed by atoms with Gasteiger partial charge in [-0.2, -0.15) is 0 Å². The number of hydrogen-bond donors (Lipinski definition) is 0. The zero-order valence-electron chi connectivity index (χ0n) is 10.8. The van der Waals surface area contributed by atoms with Crippen molar-refractivity contribution in [3.8, 4) is 11.5 Å². The van der Waals surface area contributed by atoms with Crippen LogP contribution < -0.4 is 9.47 Å². The first-order chi connectivity index (χ1) is 9.75. The largest absolute Gasteiger partial charge is 0.490 e. The van der Waals surface area contributed by atoms with E-state index in [4.69, 9.17) is 21.1 Å². The Morgan fingerprint density at radius 3 is 2.35 bits per heavy atom. The Hall–Kier alpha value is -1.19.